The fourth-order valence-corrected chi connectivity index (χ4v) is 3.76. The summed E-state index contributed by atoms with van der Waals surface area (Å²) in [6.07, 6.45) is 4.02. The van der Waals surface area contributed by atoms with E-state index in [-0.39, 0.29) is 12.0 Å². The van der Waals surface area contributed by atoms with Crippen LogP contribution in [0.2, 0.25) is 0 Å². The summed E-state index contributed by atoms with van der Waals surface area (Å²) in [5.41, 5.74) is 2.90. The van der Waals surface area contributed by atoms with E-state index >= 15 is 0 Å². The summed E-state index contributed by atoms with van der Waals surface area (Å²) in [6, 6.07) is 5.32. The smallest absolute Gasteiger partial charge is 0.255 e. The number of aryl methyl sites for hydroxylation is 2. The van der Waals surface area contributed by atoms with Crippen molar-refractivity contribution in [2.24, 2.45) is 0 Å². The Balaban J connectivity index is 1.59. The Morgan fingerprint density at radius 3 is 2.68 bits per heavy atom. The molecule has 8 heteroatoms. The van der Waals surface area contributed by atoms with Gasteiger partial charge < -0.3 is 19.5 Å². The summed E-state index contributed by atoms with van der Waals surface area (Å²) in [6.45, 7) is 8.77. The molecular formula is C23H34N4O4. The highest BCUT2D eigenvalue weighted by Gasteiger charge is 2.24. The van der Waals surface area contributed by atoms with E-state index in [2.05, 4.69) is 35.4 Å². The van der Waals surface area contributed by atoms with Gasteiger partial charge in [0.1, 0.15) is 17.6 Å². The summed E-state index contributed by atoms with van der Waals surface area (Å²) < 4.78 is 18.6. The number of amides is 1. The number of likely N-dealkylation sites (tertiary alicyclic amines) is 1. The molecule has 2 heterocycles. The van der Waals surface area contributed by atoms with Crippen LogP contribution in [-0.4, -0.2) is 67.2 Å². The molecule has 0 spiro atoms. The number of carbonyl (C=O) groups excluding carboxylic acids is 1. The molecule has 1 amide bonds. The fourth-order valence-electron chi connectivity index (χ4n) is 3.76. The number of nitrogens with one attached hydrogen (secondary N) is 1. The molecule has 1 fully saturated rings. The van der Waals surface area contributed by atoms with Crippen LogP contribution in [0.4, 0.5) is 0 Å². The molecule has 0 aliphatic carbocycles. The average molecular weight is 431 g/mol. The molecule has 8 nitrogen and oxygen atoms in total. The van der Waals surface area contributed by atoms with E-state index in [1.54, 1.807) is 32.4 Å². The minimum absolute atomic E-state index is 0.0633. The minimum atomic E-state index is -0.171. The summed E-state index contributed by atoms with van der Waals surface area (Å²) >= 11 is 0. The first-order valence-corrected chi connectivity index (χ1v) is 10.9. The topological polar surface area (TPSA) is 77.9 Å². The molecule has 0 saturated carbocycles. The number of rotatable bonds is 10. The minimum Gasteiger partial charge on any atom is -0.497 e. The van der Waals surface area contributed by atoms with Gasteiger partial charge in [-0.05, 0) is 38.8 Å². The van der Waals surface area contributed by atoms with Crippen LogP contribution >= 0.6 is 0 Å². The maximum absolute atomic E-state index is 12.6. The third kappa shape index (κ3) is 6.21. The highest BCUT2D eigenvalue weighted by molar-refractivity contribution is 5.97. The lowest BCUT2D eigenvalue weighted by atomic mass is 10.1. The van der Waals surface area contributed by atoms with Gasteiger partial charge in [0, 0.05) is 57.7 Å². The van der Waals surface area contributed by atoms with Gasteiger partial charge in [-0.2, -0.15) is 5.10 Å². The Kier molecular flexibility index (Phi) is 8.31. The number of carbonyl (C=O) groups is 1. The standard InChI is InChI=1S/C23H34N4O4/c1-5-27-16-18(17(2)25-27)15-26-11-8-19(9-12-26)31-22-14-20(30-4)6-7-21(22)23(28)24-10-13-29-3/h6-7,14,16,19H,5,8-13,15H2,1-4H3,(H,24,28). The average Bonchev–Trinajstić information content (AvgIpc) is 3.14. The third-order valence-electron chi connectivity index (χ3n) is 5.62. The number of nitrogens with zero attached hydrogens (tertiary/aromatic N) is 3. The molecule has 0 bridgehead atoms. The van der Waals surface area contributed by atoms with Gasteiger partial charge in [0.25, 0.3) is 5.91 Å². The molecule has 0 radical (unpaired) electrons. The largest absolute Gasteiger partial charge is 0.497 e. The predicted octanol–water partition coefficient (Wildman–Crippen LogP) is 2.64. The summed E-state index contributed by atoms with van der Waals surface area (Å²) in [5, 5.41) is 7.40. The van der Waals surface area contributed by atoms with E-state index in [1.807, 2.05) is 4.68 Å². The van der Waals surface area contributed by atoms with Crippen LogP contribution in [-0.2, 0) is 17.8 Å². The maximum atomic E-state index is 12.6. The Morgan fingerprint density at radius 2 is 2.03 bits per heavy atom. The van der Waals surface area contributed by atoms with Gasteiger partial charge in [-0.3, -0.25) is 14.4 Å². The zero-order chi connectivity index (χ0) is 22.2. The van der Waals surface area contributed by atoms with E-state index in [9.17, 15) is 4.79 Å². The molecule has 0 unspecified atom stereocenters. The molecule has 1 N–H and O–H groups in total. The van der Waals surface area contributed by atoms with Crippen molar-refractivity contribution in [1.29, 1.82) is 0 Å². The number of ether oxygens (including phenoxy) is 3. The van der Waals surface area contributed by atoms with Crippen molar-refractivity contribution in [1.82, 2.24) is 20.0 Å². The number of aromatic nitrogens is 2. The second kappa shape index (κ2) is 11.2. The van der Waals surface area contributed by atoms with Crippen LogP contribution in [0.3, 0.4) is 0 Å². The first-order valence-electron chi connectivity index (χ1n) is 10.9. The second-order valence-electron chi connectivity index (χ2n) is 7.80. The monoisotopic (exact) mass is 430 g/mol. The fraction of sp³-hybridized carbons (Fsp3) is 0.565. The zero-order valence-electron chi connectivity index (χ0n) is 19.0. The molecule has 31 heavy (non-hydrogen) atoms. The van der Waals surface area contributed by atoms with Gasteiger partial charge in [-0.25, -0.2) is 0 Å². The van der Waals surface area contributed by atoms with Gasteiger partial charge in [-0.1, -0.05) is 0 Å². The predicted molar refractivity (Wildman–Crippen MR) is 119 cm³/mol. The highest BCUT2D eigenvalue weighted by Crippen LogP contribution is 2.28. The van der Waals surface area contributed by atoms with Gasteiger partial charge in [0.2, 0.25) is 0 Å². The van der Waals surface area contributed by atoms with Crippen LogP contribution in [0.25, 0.3) is 0 Å². The number of methoxy groups -OCH3 is 2. The Morgan fingerprint density at radius 1 is 1.26 bits per heavy atom. The van der Waals surface area contributed by atoms with Crippen LogP contribution in [0.5, 0.6) is 11.5 Å². The highest BCUT2D eigenvalue weighted by atomic mass is 16.5. The van der Waals surface area contributed by atoms with Crippen molar-refractivity contribution in [3.63, 3.8) is 0 Å². The van der Waals surface area contributed by atoms with Crippen LogP contribution in [0.1, 0.15) is 41.4 Å². The van der Waals surface area contributed by atoms with Crippen LogP contribution in [0, 0.1) is 6.92 Å². The summed E-state index contributed by atoms with van der Waals surface area (Å²) in [4.78, 5) is 15.0. The van der Waals surface area contributed by atoms with Crippen LogP contribution < -0.4 is 14.8 Å². The summed E-state index contributed by atoms with van der Waals surface area (Å²) in [5.74, 6) is 1.06. The van der Waals surface area contributed by atoms with Gasteiger partial charge >= 0.3 is 0 Å². The first-order chi connectivity index (χ1) is 15.0. The molecular weight excluding hydrogens is 396 g/mol. The lowest BCUT2D eigenvalue weighted by molar-refractivity contribution is 0.0881. The second-order valence-corrected chi connectivity index (χ2v) is 7.80. The molecule has 170 valence electrons. The maximum Gasteiger partial charge on any atom is 0.255 e. The molecule has 1 saturated heterocycles. The van der Waals surface area contributed by atoms with E-state index in [0.717, 1.165) is 44.7 Å². The quantitative estimate of drug-likeness (QED) is 0.584. The Hall–Kier alpha value is -2.58. The molecule has 2 aromatic rings. The zero-order valence-corrected chi connectivity index (χ0v) is 19.0. The lowest BCUT2D eigenvalue weighted by Crippen LogP contribution is -2.38. The number of hydrogen-bond donors (Lipinski definition) is 1. The Labute approximate surface area is 184 Å². The van der Waals surface area contributed by atoms with Crippen molar-refractivity contribution in [2.75, 3.05) is 40.5 Å². The van der Waals surface area contributed by atoms with Gasteiger partial charge in [0.15, 0.2) is 0 Å². The number of piperidine rings is 1. The third-order valence-corrected chi connectivity index (χ3v) is 5.62. The molecule has 3 rings (SSSR count). The molecule has 1 aromatic heterocycles. The van der Waals surface area contributed by atoms with E-state index in [4.69, 9.17) is 14.2 Å². The van der Waals surface area contributed by atoms with Crippen molar-refractivity contribution in [2.45, 2.75) is 45.9 Å². The number of hydrogen-bond acceptors (Lipinski definition) is 6. The lowest BCUT2D eigenvalue weighted by Gasteiger charge is -2.32. The van der Waals surface area contributed by atoms with Gasteiger partial charge in [0.05, 0.1) is 25.0 Å². The van der Waals surface area contributed by atoms with Crippen molar-refractivity contribution in [3.05, 3.63) is 41.2 Å². The first kappa shape index (κ1) is 23.1. The van der Waals surface area contributed by atoms with Gasteiger partial charge in [-0.15, -0.1) is 0 Å². The van der Waals surface area contributed by atoms with E-state index in [1.165, 1.54) is 5.56 Å². The van der Waals surface area contributed by atoms with E-state index < -0.39 is 0 Å². The van der Waals surface area contributed by atoms with Crippen LogP contribution in [0.15, 0.2) is 24.4 Å². The number of benzene rings is 1. The molecule has 1 aliphatic heterocycles. The van der Waals surface area contributed by atoms with Crippen molar-refractivity contribution >= 4 is 5.91 Å². The Bertz CT molecular complexity index is 859. The molecule has 1 aliphatic rings. The summed E-state index contributed by atoms with van der Waals surface area (Å²) in [7, 11) is 3.22. The van der Waals surface area contributed by atoms with Crippen molar-refractivity contribution in [3.8, 4) is 11.5 Å². The van der Waals surface area contributed by atoms with E-state index in [0.29, 0.717) is 30.2 Å². The molecule has 1 aromatic carbocycles. The molecule has 0 atom stereocenters. The van der Waals surface area contributed by atoms with Crippen molar-refractivity contribution < 1.29 is 19.0 Å². The SMILES string of the molecule is CCn1cc(CN2CCC(Oc3cc(OC)ccc3C(=O)NCCOC)CC2)c(C)n1. The normalized spacial score (nSPS) is 15.1.